The molecule has 0 fully saturated rings. The Bertz CT molecular complexity index is 548. The summed E-state index contributed by atoms with van der Waals surface area (Å²) in [5.74, 6) is 1.29. The smallest absolute Gasteiger partial charge is 0.122 e. The highest BCUT2D eigenvalue weighted by molar-refractivity contribution is 5.86. The Morgan fingerprint density at radius 3 is 2.60 bits per heavy atom. The van der Waals surface area contributed by atoms with Crippen molar-refractivity contribution in [1.82, 2.24) is 5.32 Å². The number of nitrogens with zero attached hydrogens (tertiary/aromatic N) is 1. The summed E-state index contributed by atoms with van der Waals surface area (Å²) in [6.07, 6.45) is 0.727. The van der Waals surface area contributed by atoms with Gasteiger partial charge in [0.1, 0.15) is 11.6 Å². The maximum absolute atomic E-state index is 10.5. The van der Waals surface area contributed by atoms with Crippen molar-refractivity contribution in [1.29, 1.82) is 0 Å². The van der Waals surface area contributed by atoms with Crippen LogP contribution in [-0.4, -0.2) is 35.7 Å². The number of aliphatic hydroxyl groups is 1. The first kappa shape index (κ1) is 14.9. The number of aliphatic hydroxyl groups excluding tert-OH is 1. The van der Waals surface area contributed by atoms with Crippen molar-refractivity contribution in [3.8, 4) is 5.75 Å². The van der Waals surface area contributed by atoms with Gasteiger partial charge in [-0.2, -0.15) is 0 Å². The maximum atomic E-state index is 10.5. The quantitative estimate of drug-likeness (QED) is 0.786. The lowest BCUT2D eigenvalue weighted by atomic mass is 9.81. The number of phenols is 1. The largest absolute Gasteiger partial charge is 0.507 e. The number of aryl methyl sites for hydroxylation is 1. The number of benzene rings is 1. The number of phenolic OH excluding ortho intramolecular Hbond substituents is 1. The molecule has 0 aromatic heterocycles. The molecule has 1 heterocycles. The maximum Gasteiger partial charge on any atom is 0.122 e. The van der Waals surface area contributed by atoms with Crippen molar-refractivity contribution < 1.29 is 10.2 Å². The van der Waals surface area contributed by atoms with E-state index in [1.165, 1.54) is 0 Å². The fourth-order valence-electron chi connectivity index (χ4n) is 2.62. The fourth-order valence-corrected chi connectivity index (χ4v) is 2.62. The first-order valence-corrected chi connectivity index (χ1v) is 7.07. The molecule has 4 heteroatoms. The molecule has 1 aromatic carbocycles. The van der Waals surface area contributed by atoms with E-state index < -0.39 is 5.41 Å². The average Bonchev–Trinajstić information content (AvgIpc) is 2.91. The SMILES string of the molecule is Cc1cc(C(C)(C)CO)c(O)c(C)c1CC1=NCCN1. The van der Waals surface area contributed by atoms with Gasteiger partial charge < -0.3 is 15.5 Å². The molecule has 0 saturated carbocycles. The molecule has 20 heavy (non-hydrogen) atoms. The zero-order valence-electron chi connectivity index (χ0n) is 12.7. The summed E-state index contributed by atoms with van der Waals surface area (Å²) < 4.78 is 0. The van der Waals surface area contributed by atoms with Crippen molar-refractivity contribution in [2.75, 3.05) is 19.7 Å². The number of rotatable bonds is 4. The van der Waals surface area contributed by atoms with Crippen LogP contribution in [0.3, 0.4) is 0 Å². The normalized spacial score (nSPS) is 15.2. The molecule has 2 rings (SSSR count). The Balaban J connectivity index is 2.43. The summed E-state index contributed by atoms with van der Waals surface area (Å²) in [4.78, 5) is 4.41. The van der Waals surface area contributed by atoms with E-state index in [9.17, 15) is 10.2 Å². The van der Waals surface area contributed by atoms with Crippen LogP contribution in [0.15, 0.2) is 11.1 Å². The number of aliphatic imine (C=N–C) groups is 1. The van der Waals surface area contributed by atoms with Crippen LogP contribution in [-0.2, 0) is 11.8 Å². The van der Waals surface area contributed by atoms with Crippen LogP contribution < -0.4 is 5.32 Å². The lowest BCUT2D eigenvalue weighted by Crippen LogP contribution is -2.24. The van der Waals surface area contributed by atoms with E-state index in [1.54, 1.807) is 0 Å². The van der Waals surface area contributed by atoms with Gasteiger partial charge in [0.05, 0.1) is 13.2 Å². The molecule has 0 atom stereocenters. The van der Waals surface area contributed by atoms with Crippen molar-refractivity contribution in [2.45, 2.75) is 39.5 Å². The van der Waals surface area contributed by atoms with Crippen molar-refractivity contribution in [3.05, 3.63) is 28.3 Å². The monoisotopic (exact) mass is 276 g/mol. The van der Waals surface area contributed by atoms with Crippen LogP contribution in [0.4, 0.5) is 0 Å². The van der Waals surface area contributed by atoms with Crippen LogP contribution in [0.25, 0.3) is 0 Å². The molecular formula is C16H24N2O2. The van der Waals surface area contributed by atoms with E-state index in [0.29, 0.717) is 5.75 Å². The van der Waals surface area contributed by atoms with Gasteiger partial charge in [0, 0.05) is 23.9 Å². The number of hydrogen-bond acceptors (Lipinski definition) is 4. The molecule has 0 amide bonds. The minimum Gasteiger partial charge on any atom is -0.507 e. The van der Waals surface area contributed by atoms with Crippen LogP contribution in [0.2, 0.25) is 0 Å². The summed E-state index contributed by atoms with van der Waals surface area (Å²) in [7, 11) is 0. The summed E-state index contributed by atoms with van der Waals surface area (Å²) >= 11 is 0. The van der Waals surface area contributed by atoms with Gasteiger partial charge in [0.15, 0.2) is 0 Å². The molecule has 4 nitrogen and oxygen atoms in total. The van der Waals surface area contributed by atoms with Crippen molar-refractivity contribution in [2.24, 2.45) is 4.99 Å². The van der Waals surface area contributed by atoms with Gasteiger partial charge in [-0.25, -0.2) is 0 Å². The first-order chi connectivity index (χ1) is 9.36. The molecule has 0 aliphatic carbocycles. The summed E-state index contributed by atoms with van der Waals surface area (Å²) in [6, 6.07) is 1.99. The molecule has 1 aromatic rings. The van der Waals surface area contributed by atoms with Gasteiger partial charge in [-0.3, -0.25) is 4.99 Å². The van der Waals surface area contributed by atoms with Gasteiger partial charge in [-0.15, -0.1) is 0 Å². The van der Waals surface area contributed by atoms with Crippen molar-refractivity contribution in [3.63, 3.8) is 0 Å². The number of amidine groups is 1. The van der Waals surface area contributed by atoms with E-state index in [1.807, 2.05) is 33.8 Å². The predicted molar refractivity (Wildman–Crippen MR) is 81.7 cm³/mol. The third-order valence-corrected chi connectivity index (χ3v) is 4.11. The molecule has 0 bridgehead atoms. The molecular weight excluding hydrogens is 252 g/mol. The van der Waals surface area contributed by atoms with E-state index in [4.69, 9.17) is 0 Å². The molecule has 3 N–H and O–H groups in total. The molecule has 0 radical (unpaired) electrons. The minimum absolute atomic E-state index is 0.00699. The first-order valence-electron chi connectivity index (χ1n) is 7.07. The zero-order valence-corrected chi connectivity index (χ0v) is 12.7. The standard InChI is InChI=1S/C16H24N2O2/c1-10-7-13(16(3,4)9-19)15(20)11(2)12(10)8-14-17-5-6-18-14/h7,19-20H,5-6,8-9H2,1-4H3,(H,17,18). The molecule has 0 saturated heterocycles. The van der Waals surface area contributed by atoms with Crippen LogP contribution in [0.1, 0.15) is 36.1 Å². The van der Waals surface area contributed by atoms with E-state index in [0.717, 1.165) is 47.6 Å². The van der Waals surface area contributed by atoms with Crippen LogP contribution in [0.5, 0.6) is 5.75 Å². The average molecular weight is 276 g/mol. The van der Waals surface area contributed by atoms with Crippen molar-refractivity contribution >= 4 is 5.84 Å². The molecule has 0 spiro atoms. The van der Waals surface area contributed by atoms with Gasteiger partial charge in [-0.05, 0) is 30.5 Å². The van der Waals surface area contributed by atoms with Gasteiger partial charge in [-0.1, -0.05) is 19.9 Å². The third-order valence-electron chi connectivity index (χ3n) is 4.11. The van der Waals surface area contributed by atoms with E-state index in [2.05, 4.69) is 10.3 Å². The Labute approximate surface area is 120 Å². The molecule has 110 valence electrons. The second-order valence-electron chi connectivity index (χ2n) is 6.17. The minimum atomic E-state index is -0.443. The highest BCUT2D eigenvalue weighted by Crippen LogP contribution is 2.36. The van der Waals surface area contributed by atoms with Gasteiger partial charge >= 0.3 is 0 Å². The highest BCUT2D eigenvalue weighted by atomic mass is 16.3. The Hall–Kier alpha value is -1.55. The van der Waals surface area contributed by atoms with Gasteiger partial charge in [0.2, 0.25) is 0 Å². The Morgan fingerprint density at radius 2 is 2.05 bits per heavy atom. The van der Waals surface area contributed by atoms with Gasteiger partial charge in [0.25, 0.3) is 0 Å². The topological polar surface area (TPSA) is 64.8 Å². The Morgan fingerprint density at radius 1 is 1.35 bits per heavy atom. The summed E-state index contributed by atoms with van der Waals surface area (Å²) in [5, 5.41) is 23.2. The number of hydrogen-bond donors (Lipinski definition) is 3. The predicted octanol–water partition coefficient (Wildman–Crippen LogP) is 1.82. The fraction of sp³-hybridized carbons (Fsp3) is 0.562. The summed E-state index contributed by atoms with van der Waals surface area (Å²) in [5.41, 5.74) is 3.50. The molecule has 0 unspecified atom stereocenters. The summed E-state index contributed by atoms with van der Waals surface area (Å²) in [6.45, 7) is 9.59. The zero-order chi connectivity index (χ0) is 14.9. The third kappa shape index (κ3) is 2.66. The number of aromatic hydroxyl groups is 1. The molecule has 1 aliphatic rings. The lowest BCUT2D eigenvalue weighted by Gasteiger charge is -2.26. The second kappa shape index (κ2) is 5.44. The van der Waals surface area contributed by atoms with Crippen LogP contribution in [0, 0.1) is 13.8 Å². The van der Waals surface area contributed by atoms with E-state index in [-0.39, 0.29) is 6.61 Å². The van der Waals surface area contributed by atoms with Crippen LogP contribution >= 0.6 is 0 Å². The Kier molecular flexibility index (Phi) is 4.04. The second-order valence-corrected chi connectivity index (χ2v) is 6.17. The number of nitrogens with one attached hydrogen (secondary N) is 1. The lowest BCUT2D eigenvalue weighted by molar-refractivity contribution is 0.215. The highest BCUT2D eigenvalue weighted by Gasteiger charge is 2.26. The molecule has 1 aliphatic heterocycles. The van der Waals surface area contributed by atoms with E-state index >= 15 is 0 Å².